The van der Waals surface area contributed by atoms with E-state index in [-0.39, 0.29) is 12.8 Å². The molecule has 1 saturated carbocycles. The summed E-state index contributed by atoms with van der Waals surface area (Å²) in [5.41, 5.74) is 3.84. The smallest absolute Gasteiger partial charge is 0.262 e. The molecule has 1 aliphatic carbocycles. The number of aliphatic hydroxyl groups is 3. The van der Waals surface area contributed by atoms with Crippen LogP contribution in [0.5, 0.6) is 0 Å². The fourth-order valence-corrected chi connectivity index (χ4v) is 7.09. The Morgan fingerprint density at radius 3 is 2.15 bits per heavy atom. The summed E-state index contributed by atoms with van der Waals surface area (Å²) in [5, 5.41) is 36.8. The lowest BCUT2D eigenvalue weighted by Crippen LogP contribution is -2.68. The maximum absolute atomic E-state index is 13.7. The number of benzene rings is 3. The van der Waals surface area contributed by atoms with Crippen LogP contribution in [0.2, 0.25) is 0 Å². The molecule has 2 amide bonds. The van der Waals surface area contributed by atoms with Gasteiger partial charge in [0.2, 0.25) is 0 Å². The lowest BCUT2D eigenvalue weighted by Gasteiger charge is -2.58. The van der Waals surface area contributed by atoms with Crippen molar-refractivity contribution in [2.75, 3.05) is 6.61 Å². The van der Waals surface area contributed by atoms with Gasteiger partial charge in [-0.25, -0.2) is 9.97 Å². The Morgan fingerprint density at radius 1 is 0.848 bits per heavy atom. The quantitative estimate of drug-likeness (QED) is 0.237. The molecule has 10 heteroatoms. The highest BCUT2D eigenvalue weighted by atomic mass is 16.4. The molecule has 0 spiro atoms. The van der Waals surface area contributed by atoms with Crippen molar-refractivity contribution in [2.45, 2.75) is 37.0 Å². The second-order valence-electron chi connectivity index (χ2n) is 12.2. The SMILES string of the molecule is Cc1cc2ncc3cc(-c4ccccc4)c(-c4ccc([C@]5(N6C(=O)c7ccccc7C6=O)C[C@@](O)(C(O)CO)C5)cc4)nc3n2n1. The van der Waals surface area contributed by atoms with Crippen LogP contribution in [0, 0.1) is 6.92 Å². The topological polar surface area (TPSA) is 141 Å². The summed E-state index contributed by atoms with van der Waals surface area (Å²) in [7, 11) is 0. The van der Waals surface area contributed by atoms with Gasteiger partial charge in [0.1, 0.15) is 6.10 Å². The average Bonchev–Trinajstić information content (AvgIpc) is 3.58. The summed E-state index contributed by atoms with van der Waals surface area (Å²) in [6.07, 6.45) is 0.115. The van der Waals surface area contributed by atoms with Crippen LogP contribution >= 0.6 is 0 Å². The second-order valence-corrected chi connectivity index (χ2v) is 12.2. The highest BCUT2D eigenvalue weighted by Gasteiger charge is 2.64. The zero-order valence-corrected chi connectivity index (χ0v) is 24.8. The number of carbonyl (C=O) groups excluding carboxylic acids is 2. The second kappa shape index (κ2) is 10.1. The Morgan fingerprint density at radius 2 is 1.50 bits per heavy atom. The van der Waals surface area contributed by atoms with Gasteiger partial charge in [-0.2, -0.15) is 9.61 Å². The molecule has 3 aromatic heterocycles. The minimum absolute atomic E-state index is 0.125. The van der Waals surface area contributed by atoms with Gasteiger partial charge >= 0.3 is 0 Å². The van der Waals surface area contributed by atoms with Gasteiger partial charge in [0.15, 0.2) is 11.3 Å². The predicted octanol–water partition coefficient (Wildman–Crippen LogP) is 4.29. The first-order valence-electron chi connectivity index (χ1n) is 15.0. The molecule has 1 fully saturated rings. The standard InChI is InChI=1S/C36H29N5O5/c1-21-15-30-37-17-24-16-28(22-7-3-2-4-8-22)31(38-32(24)41(30)39-21)23-11-13-25(14-12-23)35(19-36(46,20-35)29(43)18-42)40-33(44)26-9-5-6-10-27(26)34(40)45/h2-17,29,42-43,46H,18-20H2,1H3/t29?,35-,36-. The summed E-state index contributed by atoms with van der Waals surface area (Å²) < 4.78 is 1.73. The number of hydrogen-bond donors (Lipinski definition) is 3. The van der Waals surface area contributed by atoms with Gasteiger partial charge in [0, 0.05) is 41.6 Å². The summed E-state index contributed by atoms with van der Waals surface area (Å²) in [4.78, 5) is 38.3. The molecular weight excluding hydrogens is 582 g/mol. The van der Waals surface area contributed by atoms with Crippen LogP contribution in [0.3, 0.4) is 0 Å². The van der Waals surface area contributed by atoms with Gasteiger partial charge < -0.3 is 15.3 Å². The van der Waals surface area contributed by atoms with Crippen molar-refractivity contribution in [3.63, 3.8) is 0 Å². The molecule has 0 saturated heterocycles. The molecule has 10 nitrogen and oxygen atoms in total. The summed E-state index contributed by atoms with van der Waals surface area (Å²) in [6, 6.07) is 28.0. The third kappa shape index (κ3) is 4.04. The molecule has 6 aromatic rings. The van der Waals surface area contributed by atoms with E-state index >= 15 is 0 Å². The molecule has 3 N–H and O–H groups in total. The van der Waals surface area contributed by atoms with E-state index in [4.69, 9.17) is 4.98 Å². The van der Waals surface area contributed by atoms with E-state index < -0.39 is 35.7 Å². The molecule has 0 bridgehead atoms. The lowest BCUT2D eigenvalue weighted by atomic mass is 9.58. The van der Waals surface area contributed by atoms with Crippen molar-refractivity contribution >= 4 is 28.5 Å². The lowest BCUT2D eigenvalue weighted by molar-refractivity contribution is -0.196. The third-order valence-electron chi connectivity index (χ3n) is 9.37. The maximum Gasteiger partial charge on any atom is 0.262 e. The number of rotatable bonds is 6. The van der Waals surface area contributed by atoms with E-state index in [1.54, 1.807) is 35.0 Å². The number of aryl methyl sites for hydroxylation is 1. The number of aliphatic hydroxyl groups excluding tert-OH is 2. The molecule has 4 heterocycles. The predicted molar refractivity (Wildman–Crippen MR) is 170 cm³/mol. The van der Waals surface area contributed by atoms with E-state index in [9.17, 15) is 24.9 Å². The van der Waals surface area contributed by atoms with Crippen LogP contribution in [0.1, 0.15) is 44.8 Å². The zero-order valence-electron chi connectivity index (χ0n) is 24.8. The first-order chi connectivity index (χ1) is 22.2. The molecule has 1 unspecified atom stereocenters. The first kappa shape index (κ1) is 28.2. The van der Waals surface area contributed by atoms with E-state index in [0.29, 0.717) is 33.7 Å². The van der Waals surface area contributed by atoms with Crippen molar-refractivity contribution in [1.82, 2.24) is 24.5 Å². The van der Waals surface area contributed by atoms with Crippen molar-refractivity contribution in [3.8, 4) is 22.4 Å². The van der Waals surface area contributed by atoms with Gasteiger partial charge in [0.05, 0.1) is 40.3 Å². The molecule has 8 rings (SSSR count). The summed E-state index contributed by atoms with van der Waals surface area (Å²) in [5.74, 6) is -0.917. The Labute approximate surface area is 263 Å². The molecular formula is C36H29N5O5. The Balaban J connectivity index is 1.27. The summed E-state index contributed by atoms with van der Waals surface area (Å²) >= 11 is 0. The van der Waals surface area contributed by atoms with Gasteiger partial charge in [-0.1, -0.05) is 66.7 Å². The monoisotopic (exact) mass is 611 g/mol. The molecule has 1 atom stereocenters. The number of hydrogen-bond acceptors (Lipinski definition) is 8. The van der Waals surface area contributed by atoms with Crippen molar-refractivity contribution in [3.05, 3.63) is 120 Å². The fourth-order valence-electron chi connectivity index (χ4n) is 7.09. The third-order valence-corrected chi connectivity index (χ3v) is 9.37. The van der Waals surface area contributed by atoms with Gasteiger partial charge in [-0.3, -0.25) is 14.5 Å². The van der Waals surface area contributed by atoms with Gasteiger partial charge in [0.25, 0.3) is 11.8 Å². The minimum atomic E-state index is -1.68. The summed E-state index contributed by atoms with van der Waals surface area (Å²) in [6.45, 7) is 1.26. The van der Waals surface area contributed by atoms with E-state index in [1.165, 1.54) is 4.90 Å². The fraction of sp³-hybridized carbons (Fsp3) is 0.194. The Kier molecular flexibility index (Phi) is 6.20. The zero-order chi connectivity index (χ0) is 31.8. The van der Waals surface area contributed by atoms with Crippen LogP contribution in [0.15, 0.2) is 97.2 Å². The first-order valence-corrected chi connectivity index (χ1v) is 15.0. The van der Waals surface area contributed by atoms with Gasteiger partial charge in [-0.15, -0.1) is 0 Å². The number of amides is 2. The normalized spacial score (nSPS) is 21.5. The van der Waals surface area contributed by atoms with Crippen molar-refractivity contribution in [2.24, 2.45) is 0 Å². The number of nitrogens with zero attached hydrogens (tertiary/aromatic N) is 5. The Hall–Kier alpha value is -5.29. The maximum atomic E-state index is 13.7. The largest absolute Gasteiger partial charge is 0.394 e. The van der Waals surface area contributed by atoms with Crippen LogP contribution in [-0.2, 0) is 5.54 Å². The Bertz CT molecular complexity index is 2150. The van der Waals surface area contributed by atoms with Gasteiger partial charge in [-0.05, 0) is 36.2 Å². The van der Waals surface area contributed by atoms with Crippen LogP contribution in [0.4, 0.5) is 0 Å². The molecule has 46 heavy (non-hydrogen) atoms. The number of pyridine rings is 1. The number of carbonyl (C=O) groups is 2. The molecule has 0 radical (unpaired) electrons. The molecule has 228 valence electrons. The highest BCUT2D eigenvalue weighted by Crippen LogP contribution is 2.56. The number of aromatic nitrogens is 4. The van der Waals surface area contributed by atoms with E-state index in [2.05, 4.69) is 10.1 Å². The minimum Gasteiger partial charge on any atom is -0.394 e. The molecule has 3 aromatic carbocycles. The van der Waals surface area contributed by atoms with Crippen molar-refractivity contribution in [1.29, 1.82) is 0 Å². The van der Waals surface area contributed by atoms with E-state index in [0.717, 1.165) is 27.8 Å². The molecule has 1 aliphatic heterocycles. The number of fused-ring (bicyclic) bond motifs is 4. The van der Waals surface area contributed by atoms with Crippen molar-refractivity contribution < 1.29 is 24.9 Å². The highest BCUT2D eigenvalue weighted by molar-refractivity contribution is 6.22. The van der Waals surface area contributed by atoms with Crippen LogP contribution in [-0.4, -0.2) is 69.9 Å². The average molecular weight is 612 g/mol. The number of imide groups is 1. The van der Waals surface area contributed by atoms with Crippen LogP contribution < -0.4 is 0 Å². The van der Waals surface area contributed by atoms with Crippen LogP contribution in [0.25, 0.3) is 39.1 Å². The molecule has 2 aliphatic rings. The van der Waals surface area contributed by atoms with E-state index in [1.807, 2.05) is 73.7 Å².